The lowest BCUT2D eigenvalue weighted by Crippen LogP contribution is -2.46. The molecule has 0 spiro atoms. The third-order valence-corrected chi connectivity index (χ3v) is 3.69. The van der Waals surface area contributed by atoms with Gasteiger partial charge in [-0.2, -0.15) is 5.48 Å². The van der Waals surface area contributed by atoms with Crippen molar-refractivity contribution >= 4 is 5.97 Å². The molecule has 2 aliphatic heterocycles. The van der Waals surface area contributed by atoms with E-state index in [4.69, 9.17) is 18.9 Å². The number of rotatable bonds is 4. The highest BCUT2D eigenvalue weighted by atomic mass is 16.8. The van der Waals surface area contributed by atoms with Crippen molar-refractivity contribution in [3.63, 3.8) is 0 Å². The monoisotopic (exact) mass is 309 g/mol. The lowest BCUT2D eigenvalue weighted by Gasteiger charge is -2.24. The molecule has 2 fully saturated rings. The van der Waals surface area contributed by atoms with Crippen molar-refractivity contribution in [2.75, 3.05) is 6.61 Å². The number of esters is 1. The first-order valence-electron chi connectivity index (χ1n) is 7.13. The van der Waals surface area contributed by atoms with E-state index in [1.54, 1.807) is 38.1 Å². The predicted octanol–water partition coefficient (Wildman–Crippen LogP) is 1.07. The second kappa shape index (κ2) is 5.94. The Morgan fingerprint density at radius 2 is 2.05 bits per heavy atom. The maximum Gasteiger partial charge on any atom is 0.338 e. The van der Waals surface area contributed by atoms with Crippen LogP contribution in [0.4, 0.5) is 0 Å². The number of carbonyl (C=O) groups excluding carboxylic acids is 1. The Hall–Kier alpha value is -1.51. The van der Waals surface area contributed by atoms with Gasteiger partial charge < -0.3 is 24.2 Å². The van der Waals surface area contributed by atoms with Crippen LogP contribution < -0.4 is 5.48 Å². The number of carbonyl (C=O) groups is 1. The number of hydrogen-bond acceptors (Lipinski definition) is 7. The molecule has 0 amide bonds. The van der Waals surface area contributed by atoms with Crippen molar-refractivity contribution in [3.8, 4) is 0 Å². The summed E-state index contributed by atoms with van der Waals surface area (Å²) >= 11 is 0. The lowest BCUT2D eigenvalue weighted by atomic mass is 10.1. The van der Waals surface area contributed by atoms with Gasteiger partial charge in [0.15, 0.2) is 12.1 Å². The van der Waals surface area contributed by atoms with E-state index in [-0.39, 0.29) is 6.61 Å². The zero-order chi connectivity index (χ0) is 15.7. The highest BCUT2D eigenvalue weighted by Gasteiger charge is 2.55. The molecule has 3 rings (SSSR count). The van der Waals surface area contributed by atoms with Crippen LogP contribution in [-0.4, -0.2) is 48.1 Å². The van der Waals surface area contributed by atoms with Crippen LogP contribution in [0.3, 0.4) is 0 Å². The van der Waals surface area contributed by atoms with Crippen LogP contribution in [-0.2, 0) is 18.9 Å². The first-order valence-corrected chi connectivity index (χ1v) is 7.13. The molecule has 1 aromatic carbocycles. The summed E-state index contributed by atoms with van der Waals surface area (Å²) in [4.78, 5) is 11.9. The zero-order valence-corrected chi connectivity index (χ0v) is 12.4. The molecule has 2 N–H and O–H groups in total. The van der Waals surface area contributed by atoms with Gasteiger partial charge in [-0.15, -0.1) is 0 Å². The maximum absolute atomic E-state index is 11.9. The van der Waals surface area contributed by atoms with E-state index in [0.717, 1.165) is 0 Å². The fraction of sp³-hybridized carbons (Fsp3) is 0.533. The molecule has 120 valence electrons. The standard InChI is InChI=1S/C15H19NO6/c1-15(2)21-12-11(16-18)10(20-14(12)22-15)8-19-13(17)9-6-4-3-5-7-9/h3-7,10-12,14,16,18H,8H2,1-2H3/t10-,11-,12-,14-/m1/s1. The summed E-state index contributed by atoms with van der Waals surface area (Å²) in [6, 6.07) is 8.14. The maximum atomic E-state index is 11.9. The molecule has 2 heterocycles. The predicted molar refractivity (Wildman–Crippen MR) is 74.1 cm³/mol. The smallest absolute Gasteiger partial charge is 0.338 e. The summed E-state index contributed by atoms with van der Waals surface area (Å²) in [5.41, 5.74) is 2.63. The third-order valence-electron chi connectivity index (χ3n) is 3.69. The first kappa shape index (κ1) is 15.4. The first-order chi connectivity index (χ1) is 10.5. The Morgan fingerprint density at radius 1 is 1.32 bits per heavy atom. The van der Waals surface area contributed by atoms with Gasteiger partial charge in [-0.25, -0.2) is 4.79 Å². The minimum absolute atomic E-state index is 0.00783. The van der Waals surface area contributed by atoms with Crippen LogP contribution in [0.15, 0.2) is 30.3 Å². The van der Waals surface area contributed by atoms with Crippen molar-refractivity contribution in [2.24, 2.45) is 0 Å². The molecule has 0 bridgehead atoms. The van der Waals surface area contributed by atoms with Crippen LogP contribution >= 0.6 is 0 Å². The summed E-state index contributed by atoms with van der Waals surface area (Å²) in [5, 5.41) is 9.33. The van der Waals surface area contributed by atoms with E-state index in [1.165, 1.54) is 0 Å². The number of hydroxylamine groups is 1. The van der Waals surface area contributed by atoms with Crippen LogP contribution in [0.25, 0.3) is 0 Å². The Labute approximate surface area is 128 Å². The Kier molecular flexibility index (Phi) is 4.16. The Balaban J connectivity index is 1.59. The number of nitrogens with one attached hydrogen (secondary N) is 1. The second-order valence-corrected chi connectivity index (χ2v) is 5.76. The number of hydrogen-bond donors (Lipinski definition) is 2. The van der Waals surface area contributed by atoms with E-state index >= 15 is 0 Å². The fourth-order valence-electron chi connectivity index (χ4n) is 2.69. The molecular weight excluding hydrogens is 290 g/mol. The molecule has 0 saturated carbocycles. The summed E-state index contributed by atoms with van der Waals surface area (Å²) < 4.78 is 22.2. The highest BCUT2D eigenvalue weighted by Crippen LogP contribution is 2.37. The molecule has 0 radical (unpaired) electrons. The van der Waals surface area contributed by atoms with E-state index in [1.807, 2.05) is 6.07 Å². The van der Waals surface area contributed by atoms with Crippen molar-refractivity contribution in [3.05, 3.63) is 35.9 Å². The fourth-order valence-corrected chi connectivity index (χ4v) is 2.69. The van der Waals surface area contributed by atoms with Gasteiger partial charge in [0, 0.05) is 0 Å². The number of fused-ring (bicyclic) bond motifs is 1. The zero-order valence-electron chi connectivity index (χ0n) is 12.4. The third kappa shape index (κ3) is 2.99. The van der Waals surface area contributed by atoms with E-state index in [9.17, 15) is 10.0 Å². The molecular formula is C15H19NO6. The molecule has 1 aromatic rings. The number of ether oxygens (including phenoxy) is 4. The molecule has 2 aliphatic rings. The van der Waals surface area contributed by atoms with Gasteiger partial charge in [0.05, 0.1) is 11.6 Å². The van der Waals surface area contributed by atoms with Crippen molar-refractivity contribution in [1.82, 2.24) is 5.48 Å². The van der Waals surface area contributed by atoms with Crippen LogP contribution in [0.1, 0.15) is 24.2 Å². The Bertz CT molecular complexity index is 534. The summed E-state index contributed by atoms with van der Waals surface area (Å²) in [6.45, 7) is 3.53. The van der Waals surface area contributed by atoms with Crippen molar-refractivity contribution in [2.45, 2.75) is 44.2 Å². The summed E-state index contributed by atoms with van der Waals surface area (Å²) in [5.74, 6) is -1.21. The molecule has 7 nitrogen and oxygen atoms in total. The lowest BCUT2D eigenvalue weighted by molar-refractivity contribution is -0.213. The molecule has 22 heavy (non-hydrogen) atoms. The minimum atomic E-state index is -0.768. The van der Waals surface area contributed by atoms with Gasteiger partial charge in [-0.1, -0.05) is 18.2 Å². The van der Waals surface area contributed by atoms with Crippen LogP contribution in [0.2, 0.25) is 0 Å². The molecule has 2 saturated heterocycles. The van der Waals surface area contributed by atoms with Gasteiger partial charge in [0.1, 0.15) is 18.8 Å². The van der Waals surface area contributed by atoms with E-state index in [0.29, 0.717) is 5.56 Å². The van der Waals surface area contributed by atoms with E-state index < -0.39 is 36.3 Å². The summed E-state index contributed by atoms with van der Waals surface area (Å²) in [7, 11) is 0. The minimum Gasteiger partial charge on any atom is -0.459 e. The Morgan fingerprint density at radius 3 is 2.73 bits per heavy atom. The van der Waals surface area contributed by atoms with Gasteiger partial charge in [0.25, 0.3) is 0 Å². The van der Waals surface area contributed by atoms with Gasteiger partial charge in [-0.3, -0.25) is 0 Å². The quantitative estimate of drug-likeness (QED) is 0.635. The van der Waals surface area contributed by atoms with Crippen LogP contribution in [0.5, 0.6) is 0 Å². The van der Waals surface area contributed by atoms with Gasteiger partial charge in [0.2, 0.25) is 0 Å². The second-order valence-electron chi connectivity index (χ2n) is 5.76. The largest absolute Gasteiger partial charge is 0.459 e. The van der Waals surface area contributed by atoms with Gasteiger partial charge in [-0.05, 0) is 26.0 Å². The van der Waals surface area contributed by atoms with E-state index in [2.05, 4.69) is 5.48 Å². The average molecular weight is 309 g/mol. The highest BCUT2D eigenvalue weighted by molar-refractivity contribution is 5.89. The van der Waals surface area contributed by atoms with Crippen molar-refractivity contribution < 1.29 is 28.9 Å². The van der Waals surface area contributed by atoms with Crippen LogP contribution in [0, 0.1) is 0 Å². The summed E-state index contributed by atoms with van der Waals surface area (Å²) in [6.07, 6.45) is -1.61. The molecule has 7 heteroatoms. The molecule has 4 atom stereocenters. The normalized spacial score (nSPS) is 32.7. The SMILES string of the molecule is CC1(C)O[C@H]2O[C@H](COC(=O)c3ccccc3)[C@@H](NO)[C@H]2O1. The molecule has 0 aromatic heterocycles. The van der Waals surface area contributed by atoms with Gasteiger partial charge >= 0.3 is 5.97 Å². The molecule has 0 aliphatic carbocycles. The average Bonchev–Trinajstić information content (AvgIpc) is 2.96. The topological polar surface area (TPSA) is 86.3 Å². The number of benzene rings is 1. The molecule has 0 unspecified atom stereocenters. The van der Waals surface area contributed by atoms with Crippen molar-refractivity contribution in [1.29, 1.82) is 0 Å².